The van der Waals surface area contributed by atoms with E-state index in [1.165, 1.54) is 36.4 Å². The number of non-ortho nitro benzene ring substituents is 2. The number of nitro benzene ring substituents is 2. The lowest BCUT2D eigenvalue weighted by Crippen LogP contribution is -2.27. The van der Waals surface area contributed by atoms with Crippen molar-refractivity contribution in [3.8, 4) is 0 Å². The molecule has 0 aliphatic heterocycles. The van der Waals surface area contributed by atoms with Crippen molar-refractivity contribution in [2.75, 3.05) is 6.54 Å². The molecule has 2 aromatic rings. The number of carbonyl (C=O) groups is 1. The number of hydrogen-bond acceptors (Lipinski definition) is 5. The third-order valence-electron chi connectivity index (χ3n) is 3.58. The number of rotatable bonds is 6. The van der Waals surface area contributed by atoms with Crippen molar-refractivity contribution in [2.45, 2.75) is 12.8 Å². The van der Waals surface area contributed by atoms with Crippen molar-refractivity contribution in [1.29, 1.82) is 0 Å². The first kappa shape index (κ1) is 17.1. The first-order valence-corrected chi connectivity index (χ1v) is 7.15. The molecule has 0 saturated heterocycles. The Balaban J connectivity index is 1.95. The lowest BCUT2D eigenvalue weighted by molar-refractivity contribution is -0.385. The van der Waals surface area contributed by atoms with Crippen molar-refractivity contribution < 1.29 is 14.6 Å². The van der Waals surface area contributed by atoms with E-state index in [0.29, 0.717) is 12.1 Å². The molecule has 1 amide bonds. The molecule has 0 heterocycles. The molecule has 8 nitrogen and oxygen atoms in total. The minimum Gasteiger partial charge on any atom is -0.351 e. The monoisotopic (exact) mass is 329 g/mol. The predicted octanol–water partition coefficient (Wildman–Crippen LogP) is 3.04. The number of benzene rings is 2. The number of amides is 1. The van der Waals surface area contributed by atoms with E-state index in [-0.39, 0.29) is 23.2 Å². The second kappa shape index (κ2) is 7.32. The molecule has 0 aliphatic carbocycles. The molecule has 8 heteroatoms. The summed E-state index contributed by atoms with van der Waals surface area (Å²) in [5.41, 5.74) is 1.13. The largest absolute Gasteiger partial charge is 0.351 e. The Kier molecular flexibility index (Phi) is 5.20. The minimum atomic E-state index is -0.529. The molecular weight excluding hydrogens is 314 g/mol. The van der Waals surface area contributed by atoms with Crippen molar-refractivity contribution >= 4 is 17.3 Å². The lowest BCUT2D eigenvalue weighted by Gasteiger charge is -2.13. The molecule has 0 radical (unpaired) electrons. The smallest absolute Gasteiger partial charge is 0.269 e. The molecule has 2 rings (SSSR count). The second-order valence-corrected chi connectivity index (χ2v) is 5.26. The van der Waals surface area contributed by atoms with Gasteiger partial charge in [0.1, 0.15) is 0 Å². The summed E-state index contributed by atoms with van der Waals surface area (Å²) in [5.74, 6) is -0.369. The number of carbonyl (C=O) groups excluding carboxylic acids is 1. The van der Waals surface area contributed by atoms with Crippen LogP contribution < -0.4 is 5.32 Å². The topological polar surface area (TPSA) is 115 Å². The summed E-state index contributed by atoms with van der Waals surface area (Å²) in [4.78, 5) is 32.2. The SMILES string of the molecule is CC(CNC(=O)c1ccc([N+](=O)[O-])cc1)c1ccc([N+](=O)[O-])cc1. The number of hydrogen-bond donors (Lipinski definition) is 1. The third-order valence-corrected chi connectivity index (χ3v) is 3.58. The Labute approximate surface area is 137 Å². The number of nitro groups is 2. The standard InChI is InChI=1S/C16H15N3O5/c1-11(12-2-6-14(7-3-12)18(21)22)10-17-16(20)13-4-8-15(9-5-13)19(23)24/h2-9,11H,10H2,1H3,(H,17,20). The van der Waals surface area contributed by atoms with Gasteiger partial charge in [-0.3, -0.25) is 25.0 Å². The van der Waals surface area contributed by atoms with Crippen LogP contribution in [0, 0.1) is 20.2 Å². The predicted molar refractivity (Wildman–Crippen MR) is 86.9 cm³/mol. The maximum atomic E-state index is 12.0. The molecule has 1 atom stereocenters. The first-order valence-electron chi connectivity index (χ1n) is 7.15. The van der Waals surface area contributed by atoms with E-state index in [2.05, 4.69) is 5.32 Å². The summed E-state index contributed by atoms with van der Waals surface area (Å²) in [6.45, 7) is 2.23. The van der Waals surface area contributed by atoms with Gasteiger partial charge in [0.2, 0.25) is 0 Å². The van der Waals surface area contributed by atoms with E-state index in [1.807, 2.05) is 6.92 Å². The van der Waals surface area contributed by atoms with Gasteiger partial charge in [-0.05, 0) is 23.6 Å². The van der Waals surface area contributed by atoms with Crippen LogP contribution in [0.4, 0.5) is 11.4 Å². The van der Waals surface area contributed by atoms with Crippen LogP contribution in [0.5, 0.6) is 0 Å². The molecule has 0 saturated carbocycles. The number of nitrogens with one attached hydrogen (secondary N) is 1. The zero-order valence-corrected chi connectivity index (χ0v) is 12.8. The molecule has 24 heavy (non-hydrogen) atoms. The van der Waals surface area contributed by atoms with E-state index in [9.17, 15) is 25.0 Å². The molecule has 0 aromatic heterocycles. The quantitative estimate of drug-likeness (QED) is 0.646. The van der Waals surface area contributed by atoms with Crippen LogP contribution in [0.1, 0.15) is 28.8 Å². The Morgan fingerprint density at radius 1 is 0.958 bits per heavy atom. The fourth-order valence-electron chi connectivity index (χ4n) is 2.12. The Bertz CT molecular complexity index is 756. The highest BCUT2D eigenvalue weighted by Crippen LogP contribution is 2.19. The van der Waals surface area contributed by atoms with Gasteiger partial charge in [0, 0.05) is 36.4 Å². The van der Waals surface area contributed by atoms with Crippen LogP contribution in [0.2, 0.25) is 0 Å². The van der Waals surface area contributed by atoms with Crippen molar-refractivity contribution in [1.82, 2.24) is 5.32 Å². The van der Waals surface area contributed by atoms with E-state index >= 15 is 0 Å². The molecule has 1 N–H and O–H groups in total. The van der Waals surface area contributed by atoms with Gasteiger partial charge in [-0.15, -0.1) is 0 Å². The van der Waals surface area contributed by atoms with Gasteiger partial charge in [-0.2, -0.15) is 0 Å². The van der Waals surface area contributed by atoms with Crippen molar-refractivity contribution in [3.63, 3.8) is 0 Å². The molecule has 0 fully saturated rings. The van der Waals surface area contributed by atoms with Crippen LogP contribution >= 0.6 is 0 Å². The summed E-state index contributed by atoms with van der Waals surface area (Å²) in [5, 5.41) is 23.9. The average molecular weight is 329 g/mol. The van der Waals surface area contributed by atoms with Crippen molar-refractivity contribution in [3.05, 3.63) is 79.9 Å². The molecule has 124 valence electrons. The van der Waals surface area contributed by atoms with Crippen LogP contribution in [-0.2, 0) is 0 Å². The van der Waals surface area contributed by atoms with Gasteiger partial charge < -0.3 is 5.32 Å². The summed E-state index contributed by atoms with van der Waals surface area (Å²) in [6, 6.07) is 11.5. The summed E-state index contributed by atoms with van der Waals surface area (Å²) in [7, 11) is 0. The summed E-state index contributed by atoms with van der Waals surface area (Å²) in [6.07, 6.45) is 0. The van der Waals surface area contributed by atoms with E-state index in [4.69, 9.17) is 0 Å². The molecule has 1 unspecified atom stereocenters. The zero-order valence-electron chi connectivity index (χ0n) is 12.8. The first-order chi connectivity index (χ1) is 11.4. The van der Waals surface area contributed by atoms with Crippen LogP contribution in [-0.4, -0.2) is 22.3 Å². The zero-order chi connectivity index (χ0) is 17.7. The second-order valence-electron chi connectivity index (χ2n) is 5.26. The molecular formula is C16H15N3O5. The van der Waals surface area contributed by atoms with Crippen LogP contribution in [0.3, 0.4) is 0 Å². The van der Waals surface area contributed by atoms with Gasteiger partial charge in [-0.1, -0.05) is 19.1 Å². The highest BCUT2D eigenvalue weighted by atomic mass is 16.6. The molecule has 0 spiro atoms. The van der Waals surface area contributed by atoms with Gasteiger partial charge in [0.15, 0.2) is 0 Å². The van der Waals surface area contributed by atoms with Gasteiger partial charge >= 0.3 is 0 Å². The average Bonchev–Trinajstić information content (AvgIpc) is 2.59. The number of nitrogens with zero attached hydrogens (tertiary/aromatic N) is 2. The Morgan fingerprint density at radius 3 is 1.88 bits per heavy atom. The highest BCUT2D eigenvalue weighted by molar-refractivity contribution is 5.94. The third kappa shape index (κ3) is 4.13. The van der Waals surface area contributed by atoms with Crippen LogP contribution in [0.15, 0.2) is 48.5 Å². The van der Waals surface area contributed by atoms with E-state index in [1.54, 1.807) is 12.1 Å². The van der Waals surface area contributed by atoms with Gasteiger partial charge in [0.25, 0.3) is 17.3 Å². The summed E-state index contributed by atoms with van der Waals surface area (Å²) >= 11 is 0. The fraction of sp³-hybridized carbons (Fsp3) is 0.188. The fourth-order valence-corrected chi connectivity index (χ4v) is 2.12. The van der Waals surface area contributed by atoms with E-state index in [0.717, 1.165) is 5.56 Å². The Hall–Kier alpha value is -3.29. The summed E-state index contributed by atoms with van der Waals surface area (Å²) < 4.78 is 0. The molecule has 0 bridgehead atoms. The maximum Gasteiger partial charge on any atom is 0.269 e. The van der Waals surface area contributed by atoms with Gasteiger partial charge in [0.05, 0.1) is 9.85 Å². The lowest BCUT2D eigenvalue weighted by atomic mass is 10.0. The van der Waals surface area contributed by atoms with Crippen LogP contribution in [0.25, 0.3) is 0 Å². The van der Waals surface area contributed by atoms with E-state index < -0.39 is 9.85 Å². The Morgan fingerprint density at radius 2 is 1.42 bits per heavy atom. The maximum absolute atomic E-state index is 12.0. The minimum absolute atomic E-state index is 0.0147. The van der Waals surface area contributed by atoms with Crippen molar-refractivity contribution in [2.24, 2.45) is 0 Å². The molecule has 2 aromatic carbocycles. The highest BCUT2D eigenvalue weighted by Gasteiger charge is 2.12. The van der Waals surface area contributed by atoms with Gasteiger partial charge in [-0.25, -0.2) is 0 Å². The molecule has 0 aliphatic rings. The normalized spacial score (nSPS) is 11.5.